The van der Waals surface area contributed by atoms with E-state index in [1.807, 2.05) is 30.3 Å². The molecule has 3 aromatic rings. The highest BCUT2D eigenvalue weighted by Gasteiger charge is 2.11. The number of aromatic nitrogens is 2. The molecule has 2 aromatic carbocycles. The number of methoxy groups -OCH3 is 1. The molecule has 0 spiro atoms. The number of amides is 1. The van der Waals surface area contributed by atoms with E-state index in [-0.39, 0.29) is 5.91 Å². The van der Waals surface area contributed by atoms with Gasteiger partial charge in [0.05, 0.1) is 7.11 Å². The van der Waals surface area contributed by atoms with Crippen LogP contribution < -0.4 is 10.1 Å². The van der Waals surface area contributed by atoms with Gasteiger partial charge in [-0.1, -0.05) is 30.3 Å². The van der Waals surface area contributed by atoms with E-state index < -0.39 is 0 Å². The molecule has 0 unspecified atom stereocenters. The van der Waals surface area contributed by atoms with Crippen molar-refractivity contribution in [2.75, 3.05) is 12.4 Å². The van der Waals surface area contributed by atoms with Crippen molar-refractivity contribution >= 4 is 22.6 Å². The number of anilines is 1. The third-order valence-electron chi connectivity index (χ3n) is 3.03. The van der Waals surface area contributed by atoms with Crippen LogP contribution in [0, 0.1) is 0 Å². The molecule has 22 heavy (non-hydrogen) atoms. The molecule has 0 saturated carbocycles. The second-order valence-corrected chi connectivity index (χ2v) is 5.22. The van der Waals surface area contributed by atoms with Crippen molar-refractivity contribution < 1.29 is 9.53 Å². The Hall–Kier alpha value is -2.73. The number of carbonyl (C=O) groups is 1. The van der Waals surface area contributed by atoms with E-state index in [4.69, 9.17) is 4.74 Å². The average Bonchev–Trinajstić information content (AvgIpc) is 3.04. The van der Waals surface area contributed by atoms with Crippen molar-refractivity contribution in [3.8, 4) is 17.1 Å². The highest BCUT2D eigenvalue weighted by atomic mass is 32.1. The van der Waals surface area contributed by atoms with Gasteiger partial charge in [0.15, 0.2) is 5.82 Å². The molecule has 3 rings (SSSR count). The monoisotopic (exact) mass is 311 g/mol. The Morgan fingerprint density at radius 1 is 1.09 bits per heavy atom. The molecule has 6 heteroatoms. The molecule has 0 radical (unpaired) electrons. The van der Waals surface area contributed by atoms with E-state index in [0.717, 1.165) is 17.1 Å². The Bertz CT molecular complexity index is 770. The first-order chi connectivity index (χ1) is 10.8. The molecule has 0 atom stereocenters. The maximum atomic E-state index is 12.1. The van der Waals surface area contributed by atoms with E-state index >= 15 is 0 Å². The van der Waals surface area contributed by atoms with Crippen molar-refractivity contribution in [1.82, 2.24) is 9.36 Å². The third kappa shape index (κ3) is 3.12. The molecule has 0 saturated heterocycles. The lowest BCUT2D eigenvalue weighted by Gasteiger charge is -2.02. The molecular weight excluding hydrogens is 298 g/mol. The zero-order chi connectivity index (χ0) is 15.4. The fourth-order valence-corrected chi connectivity index (χ4v) is 2.48. The lowest BCUT2D eigenvalue weighted by Crippen LogP contribution is -2.11. The second kappa shape index (κ2) is 6.36. The van der Waals surface area contributed by atoms with Gasteiger partial charge in [0, 0.05) is 22.7 Å². The van der Waals surface area contributed by atoms with Crippen LogP contribution in [0.4, 0.5) is 5.13 Å². The molecule has 1 amide bonds. The first kappa shape index (κ1) is 14.2. The summed E-state index contributed by atoms with van der Waals surface area (Å²) in [6, 6.07) is 16.5. The molecule has 5 nitrogen and oxygen atoms in total. The van der Waals surface area contributed by atoms with Crippen LogP contribution in [0.5, 0.6) is 5.75 Å². The lowest BCUT2D eigenvalue weighted by molar-refractivity contribution is 0.102. The third-order valence-corrected chi connectivity index (χ3v) is 3.66. The molecular formula is C16H13N3O2S. The molecule has 0 fully saturated rings. The predicted molar refractivity (Wildman–Crippen MR) is 86.3 cm³/mol. The fraction of sp³-hybridized carbons (Fsp3) is 0.0625. The maximum absolute atomic E-state index is 12.1. The Morgan fingerprint density at radius 2 is 1.82 bits per heavy atom. The van der Waals surface area contributed by atoms with Crippen LogP contribution in [-0.2, 0) is 0 Å². The van der Waals surface area contributed by atoms with Crippen LogP contribution in [0.25, 0.3) is 11.4 Å². The Morgan fingerprint density at radius 3 is 2.50 bits per heavy atom. The number of rotatable bonds is 4. The van der Waals surface area contributed by atoms with Gasteiger partial charge >= 0.3 is 0 Å². The van der Waals surface area contributed by atoms with Gasteiger partial charge in [-0.25, -0.2) is 0 Å². The first-order valence-electron chi connectivity index (χ1n) is 6.61. The quantitative estimate of drug-likeness (QED) is 0.801. The summed E-state index contributed by atoms with van der Waals surface area (Å²) in [7, 11) is 1.58. The van der Waals surface area contributed by atoms with Crippen LogP contribution in [0.2, 0.25) is 0 Å². The predicted octanol–water partition coefficient (Wildman–Crippen LogP) is 3.47. The van der Waals surface area contributed by atoms with Crippen molar-refractivity contribution in [3.63, 3.8) is 0 Å². The largest absolute Gasteiger partial charge is 0.497 e. The van der Waals surface area contributed by atoms with E-state index in [1.165, 1.54) is 0 Å². The summed E-state index contributed by atoms with van der Waals surface area (Å²) in [5.74, 6) is 1.09. The fourth-order valence-electron chi connectivity index (χ4n) is 1.89. The van der Waals surface area contributed by atoms with Gasteiger partial charge in [0.25, 0.3) is 5.91 Å². The van der Waals surface area contributed by atoms with Crippen molar-refractivity contribution in [3.05, 3.63) is 60.2 Å². The average molecular weight is 311 g/mol. The molecule has 1 N–H and O–H groups in total. The molecule has 110 valence electrons. The number of ether oxygens (including phenoxy) is 1. The maximum Gasteiger partial charge on any atom is 0.257 e. The van der Waals surface area contributed by atoms with Crippen LogP contribution in [0.15, 0.2) is 54.6 Å². The van der Waals surface area contributed by atoms with E-state index in [2.05, 4.69) is 14.7 Å². The summed E-state index contributed by atoms with van der Waals surface area (Å²) in [5.41, 5.74) is 1.46. The van der Waals surface area contributed by atoms with Crippen LogP contribution in [0.3, 0.4) is 0 Å². The van der Waals surface area contributed by atoms with Crippen LogP contribution in [-0.4, -0.2) is 22.4 Å². The molecule has 0 aliphatic rings. The van der Waals surface area contributed by atoms with Gasteiger partial charge in [0.1, 0.15) is 5.75 Å². The van der Waals surface area contributed by atoms with Crippen LogP contribution in [0.1, 0.15) is 10.4 Å². The summed E-state index contributed by atoms with van der Waals surface area (Å²) in [6.07, 6.45) is 0. The Balaban J connectivity index is 1.73. The molecule has 1 heterocycles. The number of hydrogen-bond acceptors (Lipinski definition) is 5. The smallest absolute Gasteiger partial charge is 0.257 e. The van der Waals surface area contributed by atoms with E-state index in [0.29, 0.717) is 22.3 Å². The summed E-state index contributed by atoms with van der Waals surface area (Å²) in [6.45, 7) is 0. The second-order valence-electron chi connectivity index (χ2n) is 4.47. The number of hydrogen-bond donors (Lipinski definition) is 1. The van der Waals surface area contributed by atoms with E-state index in [9.17, 15) is 4.79 Å². The van der Waals surface area contributed by atoms with Gasteiger partial charge in [0.2, 0.25) is 5.13 Å². The van der Waals surface area contributed by atoms with Gasteiger partial charge in [-0.15, -0.1) is 0 Å². The zero-order valence-electron chi connectivity index (χ0n) is 11.8. The summed E-state index contributed by atoms with van der Waals surface area (Å²) in [5, 5.41) is 3.22. The molecule has 0 bridgehead atoms. The normalized spacial score (nSPS) is 10.2. The van der Waals surface area contributed by atoms with Crippen LogP contribution >= 0.6 is 11.5 Å². The molecule has 0 aliphatic heterocycles. The topological polar surface area (TPSA) is 64.1 Å². The van der Waals surface area contributed by atoms with E-state index in [1.54, 1.807) is 31.4 Å². The molecule has 0 aliphatic carbocycles. The zero-order valence-corrected chi connectivity index (χ0v) is 12.6. The standard InChI is InChI=1S/C16H13N3O2S/c1-21-13-9-7-12(8-10-13)15(20)18-16-17-14(19-22-16)11-5-3-2-4-6-11/h2-10H,1H3,(H,17,18,19,20). The summed E-state index contributed by atoms with van der Waals surface area (Å²) in [4.78, 5) is 16.5. The first-order valence-corrected chi connectivity index (χ1v) is 7.38. The minimum absolute atomic E-state index is 0.224. The minimum Gasteiger partial charge on any atom is -0.497 e. The van der Waals surface area contributed by atoms with Gasteiger partial charge < -0.3 is 4.74 Å². The van der Waals surface area contributed by atoms with Crippen molar-refractivity contribution in [2.45, 2.75) is 0 Å². The number of nitrogens with one attached hydrogen (secondary N) is 1. The Labute approximate surface area is 131 Å². The van der Waals surface area contributed by atoms with Gasteiger partial charge in [-0.3, -0.25) is 10.1 Å². The number of carbonyl (C=O) groups excluding carboxylic acids is 1. The number of nitrogens with zero attached hydrogens (tertiary/aromatic N) is 2. The summed E-state index contributed by atoms with van der Waals surface area (Å²) < 4.78 is 9.32. The highest BCUT2D eigenvalue weighted by molar-refractivity contribution is 7.10. The lowest BCUT2D eigenvalue weighted by atomic mass is 10.2. The highest BCUT2D eigenvalue weighted by Crippen LogP contribution is 2.21. The minimum atomic E-state index is -0.224. The molecule has 1 aromatic heterocycles. The van der Waals surface area contributed by atoms with Gasteiger partial charge in [-0.2, -0.15) is 9.36 Å². The van der Waals surface area contributed by atoms with Crippen molar-refractivity contribution in [1.29, 1.82) is 0 Å². The number of benzene rings is 2. The van der Waals surface area contributed by atoms with Gasteiger partial charge in [-0.05, 0) is 24.3 Å². The SMILES string of the molecule is COc1ccc(C(=O)Nc2nc(-c3ccccc3)ns2)cc1. The Kier molecular flexibility index (Phi) is 4.11. The van der Waals surface area contributed by atoms with Crippen molar-refractivity contribution in [2.24, 2.45) is 0 Å². The summed E-state index contributed by atoms with van der Waals surface area (Å²) >= 11 is 1.16.